The van der Waals surface area contributed by atoms with Gasteiger partial charge >= 0.3 is 5.97 Å². The second-order valence-corrected chi connectivity index (χ2v) is 6.67. The average molecular weight is 359 g/mol. The number of hydrogen-bond donors (Lipinski definition) is 3. The molecule has 1 aliphatic carbocycles. The third-order valence-corrected chi connectivity index (χ3v) is 4.44. The number of hydrogen-bond acceptors (Lipinski definition) is 3. The molecule has 1 amide bonds. The number of rotatable bonds is 6. The number of carbonyl (C=O) groups is 2. The lowest BCUT2D eigenvalue weighted by molar-refractivity contribution is -0.142. The van der Waals surface area contributed by atoms with Crippen molar-refractivity contribution in [2.75, 3.05) is 11.9 Å². The first-order chi connectivity index (χ1) is 10.9. The fourth-order valence-corrected chi connectivity index (χ4v) is 3.31. The first-order valence-electron chi connectivity index (χ1n) is 7.66. The maximum atomic E-state index is 11.9. The quantitative estimate of drug-likeness (QED) is 0.726. The van der Waals surface area contributed by atoms with E-state index < -0.39 is 5.97 Å². The van der Waals surface area contributed by atoms with Gasteiger partial charge in [-0.2, -0.15) is 0 Å². The Morgan fingerprint density at radius 1 is 1.09 bits per heavy atom. The summed E-state index contributed by atoms with van der Waals surface area (Å²) in [6, 6.07) is 5.19. The normalized spacial score (nSPS) is 21.0. The first kappa shape index (κ1) is 18.0. The minimum atomic E-state index is -0.706. The Balaban J connectivity index is 1.68. The number of carboxylic acid groups (broad SMARTS) is 1. The molecule has 1 aliphatic rings. The third kappa shape index (κ3) is 6.01. The van der Waals surface area contributed by atoms with E-state index in [4.69, 9.17) is 28.3 Å². The van der Waals surface area contributed by atoms with Crippen molar-refractivity contribution in [3.8, 4) is 0 Å². The van der Waals surface area contributed by atoms with Crippen LogP contribution in [0.25, 0.3) is 0 Å². The third-order valence-electron chi connectivity index (χ3n) is 4.01. The van der Waals surface area contributed by atoms with Gasteiger partial charge in [-0.15, -0.1) is 0 Å². The van der Waals surface area contributed by atoms with Crippen LogP contribution in [0.5, 0.6) is 0 Å². The van der Waals surface area contributed by atoms with Crippen molar-refractivity contribution in [1.82, 2.24) is 5.32 Å². The summed E-state index contributed by atoms with van der Waals surface area (Å²) in [4.78, 5) is 22.8. The number of anilines is 1. The van der Waals surface area contributed by atoms with Crippen LogP contribution in [0.1, 0.15) is 32.1 Å². The Hall–Kier alpha value is -1.30. The zero-order chi connectivity index (χ0) is 16.8. The topological polar surface area (TPSA) is 78.4 Å². The van der Waals surface area contributed by atoms with Gasteiger partial charge in [-0.3, -0.25) is 9.59 Å². The largest absolute Gasteiger partial charge is 0.481 e. The number of carboxylic acids is 1. The van der Waals surface area contributed by atoms with Crippen molar-refractivity contribution in [2.24, 2.45) is 5.92 Å². The maximum Gasteiger partial charge on any atom is 0.306 e. The van der Waals surface area contributed by atoms with Gasteiger partial charge in [-0.1, -0.05) is 23.2 Å². The molecule has 0 saturated heterocycles. The summed E-state index contributed by atoms with van der Waals surface area (Å²) >= 11 is 11.8. The molecule has 1 aromatic carbocycles. The van der Waals surface area contributed by atoms with Gasteiger partial charge in [-0.25, -0.2) is 0 Å². The van der Waals surface area contributed by atoms with Crippen molar-refractivity contribution >= 4 is 40.8 Å². The highest BCUT2D eigenvalue weighted by atomic mass is 35.5. The van der Waals surface area contributed by atoms with E-state index >= 15 is 0 Å². The van der Waals surface area contributed by atoms with Crippen LogP contribution in [0.3, 0.4) is 0 Å². The van der Waals surface area contributed by atoms with Crippen molar-refractivity contribution in [3.63, 3.8) is 0 Å². The highest BCUT2D eigenvalue weighted by Crippen LogP contribution is 2.24. The van der Waals surface area contributed by atoms with Crippen molar-refractivity contribution in [2.45, 2.75) is 38.1 Å². The molecule has 1 aromatic rings. The second-order valence-electron chi connectivity index (χ2n) is 5.80. The number of amides is 1. The number of aliphatic carboxylic acids is 1. The Morgan fingerprint density at radius 2 is 1.70 bits per heavy atom. The Labute approximate surface area is 145 Å². The highest BCUT2D eigenvalue weighted by Gasteiger charge is 2.25. The van der Waals surface area contributed by atoms with E-state index in [1.807, 2.05) is 0 Å². The lowest BCUT2D eigenvalue weighted by atomic mass is 9.86. The average Bonchev–Trinajstić information content (AvgIpc) is 2.46. The van der Waals surface area contributed by atoms with E-state index in [2.05, 4.69) is 10.6 Å². The van der Waals surface area contributed by atoms with Crippen LogP contribution in [-0.4, -0.2) is 29.6 Å². The fraction of sp³-hybridized carbons (Fsp3) is 0.500. The van der Waals surface area contributed by atoms with Gasteiger partial charge in [-0.05, 0) is 43.9 Å². The zero-order valence-corrected chi connectivity index (χ0v) is 14.2. The smallest absolute Gasteiger partial charge is 0.306 e. The minimum Gasteiger partial charge on any atom is -0.481 e. The molecule has 0 aromatic heterocycles. The van der Waals surface area contributed by atoms with E-state index in [0.29, 0.717) is 47.6 Å². The van der Waals surface area contributed by atoms with Gasteiger partial charge in [0.05, 0.1) is 5.92 Å². The van der Waals surface area contributed by atoms with Crippen LogP contribution in [0.2, 0.25) is 10.0 Å². The summed E-state index contributed by atoms with van der Waals surface area (Å²) in [5, 5.41) is 16.0. The van der Waals surface area contributed by atoms with Crippen molar-refractivity contribution in [3.05, 3.63) is 28.2 Å². The van der Waals surface area contributed by atoms with Gasteiger partial charge < -0.3 is 15.7 Å². The second kappa shape index (κ2) is 8.52. The number of carbonyl (C=O) groups excluding carboxylic acids is 1. The summed E-state index contributed by atoms with van der Waals surface area (Å²) in [6.45, 7) is 0.558. The van der Waals surface area contributed by atoms with Gasteiger partial charge in [0.25, 0.3) is 0 Å². The molecule has 1 saturated carbocycles. The molecule has 3 N–H and O–H groups in total. The Bertz CT molecular complexity index is 552. The van der Waals surface area contributed by atoms with E-state index in [1.165, 1.54) is 0 Å². The molecule has 2 rings (SSSR count). The molecular formula is C16H20Cl2N2O3. The molecule has 0 heterocycles. The highest BCUT2D eigenvalue weighted by molar-refractivity contribution is 6.35. The van der Waals surface area contributed by atoms with Crippen LogP contribution in [0.15, 0.2) is 18.2 Å². The van der Waals surface area contributed by atoms with Gasteiger partial charge in [0.1, 0.15) is 0 Å². The summed E-state index contributed by atoms with van der Waals surface area (Å²) in [5.41, 5.74) is 0.578. The van der Waals surface area contributed by atoms with Crippen molar-refractivity contribution < 1.29 is 14.7 Å². The molecule has 23 heavy (non-hydrogen) atoms. The Morgan fingerprint density at radius 3 is 2.26 bits per heavy atom. The van der Waals surface area contributed by atoms with E-state index in [-0.39, 0.29) is 11.8 Å². The molecule has 5 nitrogen and oxygen atoms in total. The zero-order valence-electron chi connectivity index (χ0n) is 12.6. The molecular weight excluding hydrogens is 339 g/mol. The molecule has 0 radical (unpaired) electrons. The summed E-state index contributed by atoms with van der Waals surface area (Å²) in [7, 11) is 0. The standard InChI is InChI=1S/C16H20Cl2N2O3/c17-11-7-12(18)9-14(8-11)20-15(21)5-6-19-13-3-1-10(2-4-13)16(22)23/h7-10,13,19H,1-6H2,(H,20,21)(H,22,23). The van der Waals surface area contributed by atoms with Crippen molar-refractivity contribution in [1.29, 1.82) is 0 Å². The van der Waals surface area contributed by atoms with Crippen LogP contribution in [0, 0.1) is 5.92 Å². The fourth-order valence-electron chi connectivity index (χ4n) is 2.78. The minimum absolute atomic E-state index is 0.116. The predicted molar refractivity (Wildman–Crippen MR) is 91.1 cm³/mol. The van der Waals surface area contributed by atoms with Crippen LogP contribution < -0.4 is 10.6 Å². The van der Waals surface area contributed by atoms with E-state index in [0.717, 1.165) is 12.8 Å². The van der Waals surface area contributed by atoms with E-state index in [1.54, 1.807) is 18.2 Å². The Kier molecular flexibility index (Phi) is 6.69. The molecule has 7 heteroatoms. The number of halogens is 2. The maximum absolute atomic E-state index is 11.9. The molecule has 0 unspecified atom stereocenters. The monoisotopic (exact) mass is 358 g/mol. The first-order valence-corrected chi connectivity index (χ1v) is 8.42. The molecule has 0 aliphatic heterocycles. The number of nitrogens with one attached hydrogen (secondary N) is 2. The van der Waals surface area contributed by atoms with Crippen LogP contribution in [-0.2, 0) is 9.59 Å². The van der Waals surface area contributed by atoms with Crippen LogP contribution >= 0.6 is 23.2 Å². The van der Waals surface area contributed by atoms with Gasteiger partial charge in [0.2, 0.25) is 5.91 Å². The predicted octanol–water partition coefficient (Wildman–Crippen LogP) is 3.56. The van der Waals surface area contributed by atoms with Gasteiger partial charge in [0.15, 0.2) is 0 Å². The van der Waals surface area contributed by atoms with Crippen LogP contribution in [0.4, 0.5) is 5.69 Å². The molecule has 1 fully saturated rings. The molecule has 126 valence electrons. The lowest BCUT2D eigenvalue weighted by Crippen LogP contribution is -2.36. The molecule has 0 atom stereocenters. The molecule has 0 bridgehead atoms. The molecule has 0 spiro atoms. The summed E-state index contributed by atoms with van der Waals surface area (Å²) in [6.07, 6.45) is 3.40. The van der Waals surface area contributed by atoms with Gasteiger partial charge in [0, 0.05) is 34.7 Å². The van der Waals surface area contributed by atoms with E-state index in [9.17, 15) is 9.59 Å². The summed E-state index contributed by atoms with van der Waals surface area (Å²) < 4.78 is 0. The lowest BCUT2D eigenvalue weighted by Gasteiger charge is -2.26. The SMILES string of the molecule is O=C(CCNC1CCC(C(=O)O)CC1)Nc1cc(Cl)cc(Cl)c1. The number of benzene rings is 1. The summed E-state index contributed by atoms with van der Waals surface area (Å²) in [5.74, 6) is -1.04.